The SMILES string of the molecule is CC.Cc1ccc(-c2ccc(-c3ccc(-c4cc(F)c(C(F)(F)F)c(F)c4)c(F)c3)cc2)cc1. The average molecular weight is 472 g/mol. The molecular weight excluding hydrogens is 450 g/mol. The van der Waals surface area contributed by atoms with E-state index in [9.17, 15) is 26.3 Å². The van der Waals surface area contributed by atoms with Crippen LogP contribution < -0.4 is 0 Å². The maximum absolute atomic E-state index is 14.7. The lowest BCUT2D eigenvalue weighted by Gasteiger charge is -2.12. The van der Waals surface area contributed by atoms with Crippen LogP contribution >= 0.6 is 0 Å². The van der Waals surface area contributed by atoms with Gasteiger partial charge in [0.15, 0.2) is 0 Å². The maximum Gasteiger partial charge on any atom is 0.422 e. The third-order valence-corrected chi connectivity index (χ3v) is 5.21. The normalized spacial score (nSPS) is 11.1. The van der Waals surface area contributed by atoms with Crippen LogP contribution in [0.2, 0.25) is 0 Å². The van der Waals surface area contributed by atoms with Gasteiger partial charge in [-0.3, -0.25) is 0 Å². The van der Waals surface area contributed by atoms with Crippen LogP contribution in [0.4, 0.5) is 26.3 Å². The Morgan fingerprint density at radius 3 is 1.32 bits per heavy atom. The molecule has 0 atom stereocenters. The molecule has 0 bridgehead atoms. The number of aryl methyl sites for hydroxylation is 1. The van der Waals surface area contributed by atoms with Gasteiger partial charge in [-0.15, -0.1) is 0 Å². The Labute approximate surface area is 194 Å². The molecule has 0 heterocycles. The van der Waals surface area contributed by atoms with Crippen molar-refractivity contribution < 1.29 is 26.3 Å². The summed E-state index contributed by atoms with van der Waals surface area (Å²) >= 11 is 0. The molecule has 0 nitrogen and oxygen atoms in total. The molecule has 0 amide bonds. The molecule has 0 fully saturated rings. The highest BCUT2D eigenvalue weighted by Crippen LogP contribution is 2.37. The molecule has 0 unspecified atom stereocenters. The van der Waals surface area contributed by atoms with E-state index in [1.807, 2.05) is 69.3 Å². The van der Waals surface area contributed by atoms with Crippen LogP contribution in [0.1, 0.15) is 25.0 Å². The lowest BCUT2D eigenvalue weighted by molar-refractivity contribution is -0.142. The second kappa shape index (κ2) is 10.2. The van der Waals surface area contributed by atoms with E-state index in [0.717, 1.165) is 22.3 Å². The van der Waals surface area contributed by atoms with Gasteiger partial charge < -0.3 is 0 Å². The second-order valence-electron chi connectivity index (χ2n) is 7.45. The molecule has 176 valence electrons. The molecule has 0 aliphatic heterocycles. The zero-order valence-corrected chi connectivity index (χ0v) is 18.8. The van der Waals surface area contributed by atoms with Gasteiger partial charge in [-0.25, -0.2) is 13.2 Å². The Morgan fingerprint density at radius 1 is 0.500 bits per heavy atom. The minimum atomic E-state index is -5.18. The van der Waals surface area contributed by atoms with Crippen molar-refractivity contribution in [2.24, 2.45) is 0 Å². The summed E-state index contributed by atoms with van der Waals surface area (Å²) in [6, 6.07) is 20.4. The first kappa shape index (κ1) is 25.1. The number of hydrogen-bond donors (Lipinski definition) is 0. The standard InChI is InChI=1S/C26H16F6.C2H6/c1-15-2-4-16(5-3-15)17-6-8-18(9-7-17)19-10-11-21(22(27)12-19)20-13-23(28)25(24(29)14-20)26(30,31)32;1-2/h2-14H,1H3;1-2H3. The quantitative estimate of drug-likeness (QED) is 0.261. The highest BCUT2D eigenvalue weighted by molar-refractivity contribution is 5.74. The molecule has 34 heavy (non-hydrogen) atoms. The topological polar surface area (TPSA) is 0 Å². The zero-order chi connectivity index (χ0) is 25.0. The third kappa shape index (κ3) is 5.33. The molecule has 0 saturated carbocycles. The van der Waals surface area contributed by atoms with E-state index < -0.39 is 29.2 Å². The van der Waals surface area contributed by atoms with Crippen LogP contribution in [0.3, 0.4) is 0 Å². The fourth-order valence-corrected chi connectivity index (χ4v) is 3.53. The molecule has 0 radical (unpaired) electrons. The first-order valence-corrected chi connectivity index (χ1v) is 10.7. The first-order chi connectivity index (χ1) is 16.1. The summed E-state index contributed by atoms with van der Waals surface area (Å²) in [6.45, 7) is 6.00. The fourth-order valence-electron chi connectivity index (χ4n) is 3.53. The van der Waals surface area contributed by atoms with Crippen LogP contribution in [0.15, 0.2) is 78.9 Å². The average Bonchev–Trinajstić information content (AvgIpc) is 2.79. The number of halogens is 6. The van der Waals surface area contributed by atoms with Crippen molar-refractivity contribution in [2.45, 2.75) is 26.9 Å². The van der Waals surface area contributed by atoms with Crippen molar-refractivity contribution in [1.29, 1.82) is 0 Å². The van der Waals surface area contributed by atoms with Crippen molar-refractivity contribution in [1.82, 2.24) is 0 Å². The molecule has 0 N–H and O–H groups in total. The van der Waals surface area contributed by atoms with Crippen molar-refractivity contribution >= 4 is 0 Å². The number of hydrogen-bond acceptors (Lipinski definition) is 0. The lowest BCUT2D eigenvalue weighted by atomic mass is 9.96. The summed E-state index contributed by atoms with van der Waals surface area (Å²) in [6.07, 6.45) is -5.18. The van der Waals surface area contributed by atoms with Gasteiger partial charge in [0.25, 0.3) is 0 Å². The van der Waals surface area contributed by atoms with Gasteiger partial charge in [-0.05, 0) is 52.9 Å². The molecule has 4 rings (SSSR count). The molecule has 0 spiro atoms. The number of rotatable bonds is 3. The van der Waals surface area contributed by atoms with Crippen LogP contribution in [0.5, 0.6) is 0 Å². The summed E-state index contributed by atoms with van der Waals surface area (Å²) in [5, 5.41) is 0. The predicted octanol–water partition coefficient (Wildman–Crippen LogP) is 9.46. The zero-order valence-electron chi connectivity index (χ0n) is 18.8. The minimum Gasteiger partial charge on any atom is -0.206 e. The second-order valence-corrected chi connectivity index (χ2v) is 7.45. The largest absolute Gasteiger partial charge is 0.422 e. The van der Waals surface area contributed by atoms with E-state index in [1.165, 1.54) is 12.1 Å². The number of benzene rings is 4. The van der Waals surface area contributed by atoms with Crippen LogP contribution in [-0.2, 0) is 6.18 Å². The Balaban J connectivity index is 0.00000158. The van der Waals surface area contributed by atoms with Crippen molar-refractivity contribution in [3.8, 4) is 33.4 Å². The molecule has 0 aliphatic carbocycles. The predicted molar refractivity (Wildman–Crippen MR) is 124 cm³/mol. The molecule has 4 aromatic rings. The highest BCUT2D eigenvalue weighted by atomic mass is 19.4. The molecule has 0 saturated heterocycles. The summed E-state index contributed by atoms with van der Waals surface area (Å²) < 4.78 is 80.8. The van der Waals surface area contributed by atoms with E-state index in [0.29, 0.717) is 17.7 Å². The summed E-state index contributed by atoms with van der Waals surface area (Å²) in [5.74, 6) is -4.38. The van der Waals surface area contributed by atoms with E-state index in [2.05, 4.69) is 0 Å². The molecular formula is C28H22F6. The maximum atomic E-state index is 14.7. The van der Waals surface area contributed by atoms with E-state index in [1.54, 1.807) is 6.07 Å². The summed E-state index contributed by atoms with van der Waals surface area (Å²) in [4.78, 5) is 0. The fraction of sp³-hybridized carbons (Fsp3) is 0.143. The van der Waals surface area contributed by atoms with Gasteiger partial charge in [0.05, 0.1) is 0 Å². The van der Waals surface area contributed by atoms with Gasteiger partial charge in [0.2, 0.25) is 0 Å². The Morgan fingerprint density at radius 2 is 0.882 bits per heavy atom. The van der Waals surface area contributed by atoms with Crippen LogP contribution in [-0.4, -0.2) is 0 Å². The Kier molecular flexibility index (Phi) is 7.50. The molecule has 0 aliphatic rings. The molecule has 6 heteroatoms. The van der Waals surface area contributed by atoms with Gasteiger partial charge >= 0.3 is 6.18 Å². The van der Waals surface area contributed by atoms with Gasteiger partial charge in [0.1, 0.15) is 23.0 Å². The Bertz CT molecular complexity index is 1250. The van der Waals surface area contributed by atoms with Gasteiger partial charge in [0, 0.05) is 5.56 Å². The van der Waals surface area contributed by atoms with Crippen LogP contribution in [0.25, 0.3) is 33.4 Å². The van der Waals surface area contributed by atoms with E-state index >= 15 is 0 Å². The van der Waals surface area contributed by atoms with Gasteiger partial charge in [-0.1, -0.05) is 80.1 Å². The minimum absolute atomic E-state index is 0.198. The van der Waals surface area contributed by atoms with Crippen molar-refractivity contribution in [3.63, 3.8) is 0 Å². The number of alkyl halides is 3. The van der Waals surface area contributed by atoms with E-state index in [4.69, 9.17) is 0 Å². The summed E-state index contributed by atoms with van der Waals surface area (Å²) in [7, 11) is 0. The van der Waals surface area contributed by atoms with Crippen LogP contribution in [0, 0.1) is 24.4 Å². The summed E-state index contributed by atoms with van der Waals surface area (Å²) in [5.41, 5.74) is 1.91. The van der Waals surface area contributed by atoms with Gasteiger partial charge in [-0.2, -0.15) is 13.2 Å². The molecule has 4 aromatic carbocycles. The monoisotopic (exact) mass is 472 g/mol. The molecule has 0 aromatic heterocycles. The van der Waals surface area contributed by atoms with E-state index in [-0.39, 0.29) is 11.1 Å². The Hall–Kier alpha value is -3.54. The highest BCUT2D eigenvalue weighted by Gasteiger charge is 2.38. The smallest absolute Gasteiger partial charge is 0.206 e. The first-order valence-electron chi connectivity index (χ1n) is 10.7. The van der Waals surface area contributed by atoms with Crippen molar-refractivity contribution in [3.05, 3.63) is 107 Å². The lowest BCUT2D eigenvalue weighted by Crippen LogP contribution is -2.11. The van der Waals surface area contributed by atoms with Crippen molar-refractivity contribution in [2.75, 3.05) is 0 Å². The third-order valence-electron chi connectivity index (χ3n) is 5.21.